The van der Waals surface area contributed by atoms with Gasteiger partial charge < -0.3 is 9.73 Å². The summed E-state index contributed by atoms with van der Waals surface area (Å²) in [5, 5.41) is 13.4. The van der Waals surface area contributed by atoms with Crippen molar-refractivity contribution in [3.8, 4) is 6.07 Å². The highest BCUT2D eigenvalue weighted by Gasteiger charge is 2.09. The second kappa shape index (κ2) is 5.82. The zero-order valence-corrected chi connectivity index (χ0v) is 11.9. The molecule has 3 aromatic rings. The van der Waals surface area contributed by atoms with Crippen LogP contribution in [-0.4, -0.2) is 0 Å². The van der Waals surface area contributed by atoms with Gasteiger partial charge in [0.1, 0.15) is 11.3 Å². The summed E-state index contributed by atoms with van der Waals surface area (Å²) in [5.41, 5.74) is 4.00. The van der Waals surface area contributed by atoms with E-state index >= 15 is 0 Å². The number of hydrogen-bond donors (Lipinski definition) is 1. The van der Waals surface area contributed by atoms with Gasteiger partial charge in [-0.15, -0.1) is 0 Å². The average Bonchev–Trinajstić information content (AvgIpc) is 2.84. The molecule has 0 amide bonds. The Hall–Kier alpha value is -2.57. The van der Waals surface area contributed by atoms with Crippen LogP contribution in [0.2, 0.25) is 0 Å². The Kier molecular flexibility index (Phi) is 3.72. The second-order valence-corrected chi connectivity index (χ2v) is 5.05. The van der Waals surface area contributed by atoms with Crippen molar-refractivity contribution >= 4 is 11.0 Å². The van der Waals surface area contributed by atoms with Gasteiger partial charge in [0.25, 0.3) is 0 Å². The van der Waals surface area contributed by atoms with E-state index in [0.717, 1.165) is 24.4 Å². The van der Waals surface area contributed by atoms with Crippen LogP contribution in [0.4, 0.5) is 0 Å². The molecular weight excluding hydrogens is 260 g/mol. The van der Waals surface area contributed by atoms with Crippen molar-refractivity contribution in [3.05, 3.63) is 71.0 Å². The van der Waals surface area contributed by atoms with Crippen LogP contribution < -0.4 is 5.32 Å². The number of aryl methyl sites for hydroxylation is 1. The van der Waals surface area contributed by atoms with Gasteiger partial charge in [0, 0.05) is 24.0 Å². The molecule has 3 heteroatoms. The molecule has 0 aliphatic carbocycles. The molecule has 0 spiro atoms. The summed E-state index contributed by atoms with van der Waals surface area (Å²) in [7, 11) is 0. The summed E-state index contributed by atoms with van der Waals surface area (Å²) in [6, 6.07) is 17.9. The van der Waals surface area contributed by atoms with E-state index in [1.165, 1.54) is 16.5 Å². The van der Waals surface area contributed by atoms with Crippen LogP contribution in [-0.2, 0) is 13.1 Å². The molecule has 1 aromatic heterocycles. The quantitative estimate of drug-likeness (QED) is 0.786. The lowest BCUT2D eigenvalue weighted by Gasteiger charge is -2.05. The van der Waals surface area contributed by atoms with E-state index in [-0.39, 0.29) is 0 Å². The van der Waals surface area contributed by atoms with Crippen molar-refractivity contribution < 1.29 is 4.42 Å². The maximum atomic E-state index is 8.78. The lowest BCUT2D eigenvalue weighted by molar-refractivity contribution is 0.565. The van der Waals surface area contributed by atoms with Gasteiger partial charge in [0.15, 0.2) is 0 Å². The minimum absolute atomic E-state index is 0.690. The lowest BCUT2D eigenvalue weighted by atomic mass is 10.1. The van der Waals surface area contributed by atoms with E-state index < -0.39 is 0 Å². The molecule has 0 saturated carbocycles. The summed E-state index contributed by atoms with van der Waals surface area (Å²) >= 11 is 0. The Bertz CT molecular complexity index is 794. The normalized spacial score (nSPS) is 10.7. The summed E-state index contributed by atoms with van der Waals surface area (Å²) in [6.07, 6.45) is 0. The average molecular weight is 276 g/mol. The maximum Gasteiger partial charge on any atom is 0.134 e. The molecule has 2 aromatic carbocycles. The van der Waals surface area contributed by atoms with Gasteiger partial charge in [-0.2, -0.15) is 5.26 Å². The second-order valence-electron chi connectivity index (χ2n) is 5.05. The Balaban J connectivity index is 1.69. The highest BCUT2D eigenvalue weighted by molar-refractivity contribution is 5.82. The standard InChI is InChI=1S/C18H16N2O/c1-13-17(16-4-2-3-5-18(16)21-13)12-20-11-15-8-6-14(10-19)7-9-15/h2-9,20H,11-12H2,1H3. The van der Waals surface area contributed by atoms with Crippen LogP contribution in [0, 0.1) is 18.3 Å². The molecule has 0 aliphatic rings. The number of rotatable bonds is 4. The highest BCUT2D eigenvalue weighted by Crippen LogP contribution is 2.24. The van der Waals surface area contributed by atoms with Crippen LogP contribution in [0.5, 0.6) is 0 Å². The fourth-order valence-electron chi connectivity index (χ4n) is 2.47. The van der Waals surface area contributed by atoms with E-state index in [0.29, 0.717) is 5.56 Å². The largest absolute Gasteiger partial charge is 0.461 e. The van der Waals surface area contributed by atoms with Gasteiger partial charge in [-0.3, -0.25) is 0 Å². The molecular formula is C18H16N2O. The number of hydrogen-bond acceptors (Lipinski definition) is 3. The van der Waals surface area contributed by atoms with Crippen LogP contribution in [0.3, 0.4) is 0 Å². The Morgan fingerprint density at radius 3 is 2.57 bits per heavy atom. The third-order valence-electron chi connectivity index (χ3n) is 3.61. The number of nitrogens with one attached hydrogen (secondary N) is 1. The summed E-state index contributed by atoms with van der Waals surface area (Å²) in [6.45, 7) is 3.53. The molecule has 104 valence electrons. The molecule has 3 nitrogen and oxygen atoms in total. The smallest absolute Gasteiger partial charge is 0.134 e. The first-order chi connectivity index (χ1) is 10.3. The lowest BCUT2D eigenvalue weighted by Crippen LogP contribution is -2.13. The van der Waals surface area contributed by atoms with Gasteiger partial charge in [0.05, 0.1) is 11.6 Å². The van der Waals surface area contributed by atoms with Crippen molar-refractivity contribution in [2.45, 2.75) is 20.0 Å². The summed E-state index contributed by atoms with van der Waals surface area (Å²) < 4.78 is 5.76. The topological polar surface area (TPSA) is 49.0 Å². The van der Waals surface area contributed by atoms with Gasteiger partial charge in [0.2, 0.25) is 0 Å². The minimum atomic E-state index is 0.690. The van der Waals surface area contributed by atoms with Gasteiger partial charge in [-0.05, 0) is 30.7 Å². The SMILES string of the molecule is Cc1oc2ccccc2c1CNCc1ccc(C#N)cc1. The molecule has 0 saturated heterocycles. The number of nitrogens with zero attached hydrogens (tertiary/aromatic N) is 1. The number of furan rings is 1. The number of benzene rings is 2. The van der Waals surface area contributed by atoms with Crippen molar-refractivity contribution in [1.29, 1.82) is 5.26 Å². The Morgan fingerprint density at radius 2 is 1.81 bits per heavy atom. The fourth-order valence-corrected chi connectivity index (χ4v) is 2.47. The Labute approximate surface area is 123 Å². The fraction of sp³-hybridized carbons (Fsp3) is 0.167. The van der Waals surface area contributed by atoms with E-state index in [1.54, 1.807) is 0 Å². The predicted octanol–water partition coefficient (Wildman–Crippen LogP) is 3.90. The predicted molar refractivity (Wildman–Crippen MR) is 82.7 cm³/mol. The molecule has 1 heterocycles. The first-order valence-electron chi connectivity index (χ1n) is 6.94. The molecule has 0 bridgehead atoms. The van der Waals surface area contributed by atoms with Crippen LogP contribution in [0.1, 0.15) is 22.5 Å². The number of fused-ring (bicyclic) bond motifs is 1. The molecule has 3 rings (SSSR count). The van der Waals surface area contributed by atoms with E-state index in [2.05, 4.69) is 17.5 Å². The molecule has 0 fully saturated rings. The van der Waals surface area contributed by atoms with Gasteiger partial charge >= 0.3 is 0 Å². The maximum absolute atomic E-state index is 8.78. The minimum Gasteiger partial charge on any atom is -0.461 e. The zero-order chi connectivity index (χ0) is 14.7. The van der Waals surface area contributed by atoms with Crippen LogP contribution in [0.25, 0.3) is 11.0 Å². The molecule has 0 atom stereocenters. The number of para-hydroxylation sites is 1. The molecule has 0 aliphatic heterocycles. The van der Waals surface area contributed by atoms with Crippen molar-refractivity contribution in [1.82, 2.24) is 5.32 Å². The third-order valence-corrected chi connectivity index (χ3v) is 3.61. The molecule has 0 radical (unpaired) electrons. The van der Waals surface area contributed by atoms with Gasteiger partial charge in [-0.25, -0.2) is 0 Å². The van der Waals surface area contributed by atoms with E-state index in [9.17, 15) is 0 Å². The van der Waals surface area contributed by atoms with Crippen molar-refractivity contribution in [3.63, 3.8) is 0 Å². The monoisotopic (exact) mass is 276 g/mol. The highest BCUT2D eigenvalue weighted by atomic mass is 16.3. The first-order valence-corrected chi connectivity index (χ1v) is 6.94. The summed E-state index contributed by atoms with van der Waals surface area (Å²) in [5.74, 6) is 0.962. The van der Waals surface area contributed by atoms with E-state index in [4.69, 9.17) is 9.68 Å². The zero-order valence-electron chi connectivity index (χ0n) is 11.9. The Morgan fingerprint density at radius 1 is 1.05 bits per heavy atom. The first kappa shape index (κ1) is 13.4. The van der Waals surface area contributed by atoms with Crippen molar-refractivity contribution in [2.75, 3.05) is 0 Å². The van der Waals surface area contributed by atoms with Gasteiger partial charge in [-0.1, -0.05) is 30.3 Å². The third kappa shape index (κ3) is 2.81. The molecule has 0 unspecified atom stereocenters. The van der Waals surface area contributed by atoms with Crippen LogP contribution >= 0.6 is 0 Å². The molecule has 21 heavy (non-hydrogen) atoms. The van der Waals surface area contributed by atoms with E-state index in [1.807, 2.05) is 49.4 Å². The van der Waals surface area contributed by atoms with Crippen molar-refractivity contribution in [2.24, 2.45) is 0 Å². The molecule has 1 N–H and O–H groups in total. The number of nitriles is 1. The summed E-state index contributed by atoms with van der Waals surface area (Å²) in [4.78, 5) is 0. The van der Waals surface area contributed by atoms with Crippen LogP contribution in [0.15, 0.2) is 52.9 Å².